The lowest BCUT2D eigenvalue weighted by Gasteiger charge is -2.41. The maximum atomic E-state index is 10.5. The first-order valence-corrected chi connectivity index (χ1v) is 10.0. The lowest BCUT2D eigenvalue weighted by molar-refractivity contribution is 0.0487. The fourth-order valence-corrected chi connectivity index (χ4v) is 3.84. The first kappa shape index (κ1) is 20.6. The third-order valence-corrected chi connectivity index (χ3v) is 5.24. The van der Waals surface area contributed by atoms with Crippen LogP contribution in [0, 0.1) is 6.92 Å². The van der Waals surface area contributed by atoms with Crippen LogP contribution in [0.15, 0.2) is 36.4 Å². The minimum Gasteiger partial charge on any atom is -0.504 e. The molecule has 6 nitrogen and oxygen atoms in total. The Morgan fingerprint density at radius 1 is 1.14 bits per heavy atom. The van der Waals surface area contributed by atoms with Gasteiger partial charge in [-0.3, -0.25) is 14.8 Å². The van der Waals surface area contributed by atoms with E-state index in [2.05, 4.69) is 20.9 Å². The highest BCUT2D eigenvalue weighted by Crippen LogP contribution is 2.31. The van der Waals surface area contributed by atoms with Gasteiger partial charge in [-0.2, -0.15) is 0 Å². The van der Waals surface area contributed by atoms with E-state index in [1.165, 1.54) is 0 Å². The van der Waals surface area contributed by atoms with E-state index >= 15 is 0 Å². The Kier molecular flexibility index (Phi) is 7.25. The summed E-state index contributed by atoms with van der Waals surface area (Å²) in [4.78, 5) is 9.37. The van der Waals surface area contributed by atoms with E-state index in [-0.39, 0.29) is 18.4 Å². The topological polar surface area (TPSA) is 69.1 Å². The Balaban J connectivity index is 1.66. The number of phenolic OH excluding ortho intramolecular Hbond substituents is 1. The summed E-state index contributed by atoms with van der Waals surface area (Å²) >= 11 is 0. The number of aromatic hydroxyl groups is 1. The number of nitrogens with zero attached hydrogens (tertiary/aromatic N) is 3. The van der Waals surface area contributed by atoms with Crippen LogP contribution in [0.3, 0.4) is 0 Å². The summed E-state index contributed by atoms with van der Waals surface area (Å²) in [5.41, 5.74) is 2.97. The van der Waals surface area contributed by atoms with Crippen LogP contribution in [0.5, 0.6) is 11.5 Å². The minimum absolute atomic E-state index is 0.168. The number of aliphatic hydroxyl groups excluding tert-OH is 1. The second kappa shape index (κ2) is 9.87. The number of benzene rings is 1. The molecule has 0 unspecified atom stereocenters. The summed E-state index contributed by atoms with van der Waals surface area (Å²) < 4.78 is 5.50. The fourth-order valence-electron chi connectivity index (χ4n) is 3.84. The Bertz CT molecular complexity index is 768. The Hall–Kier alpha value is -2.15. The van der Waals surface area contributed by atoms with Crippen molar-refractivity contribution in [3.05, 3.63) is 53.3 Å². The molecule has 1 fully saturated rings. The van der Waals surface area contributed by atoms with Crippen molar-refractivity contribution >= 4 is 0 Å². The third kappa shape index (κ3) is 5.22. The van der Waals surface area contributed by atoms with Crippen LogP contribution in [-0.4, -0.2) is 63.9 Å². The van der Waals surface area contributed by atoms with Crippen molar-refractivity contribution in [2.45, 2.75) is 39.4 Å². The molecule has 0 saturated carbocycles. The van der Waals surface area contributed by atoms with Crippen LogP contribution in [0.2, 0.25) is 0 Å². The molecule has 2 heterocycles. The lowest BCUT2D eigenvalue weighted by atomic mass is 10.1. The molecule has 2 N–H and O–H groups in total. The van der Waals surface area contributed by atoms with Gasteiger partial charge in [0.25, 0.3) is 0 Å². The second-order valence-corrected chi connectivity index (χ2v) is 7.34. The summed E-state index contributed by atoms with van der Waals surface area (Å²) in [6.07, 6.45) is 0.729. The number of pyridine rings is 1. The molecule has 1 aliphatic heterocycles. The number of piperazine rings is 1. The first-order valence-electron chi connectivity index (χ1n) is 10.0. The maximum absolute atomic E-state index is 10.5. The van der Waals surface area contributed by atoms with Gasteiger partial charge in [0.1, 0.15) is 0 Å². The normalized spacial score (nSPS) is 18.3. The van der Waals surface area contributed by atoms with Gasteiger partial charge in [-0.1, -0.05) is 18.2 Å². The molecule has 1 aliphatic rings. The van der Waals surface area contributed by atoms with Gasteiger partial charge in [-0.15, -0.1) is 0 Å². The van der Waals surface area contributed by atoms with Gasteiger partial charge >= 0.3 is 0 Å². The molecule has 0 amide bonds. The number of aliphatic hydroxyl groups is 1. The quantitative estimate of drug-likeness (QED) is 0.728. The lowest BCUT2D eigenvalue weighted by Crippen LogP contribution is -2.52. The van der Waals surface area contributed by atoms with Gasteiger partial charge in [0.05, 0.1) is 12.3 Å². The summed E-state index contributed by atoms with van der Waals surface area (Å²) in [7, 11) is 0. The predicted molar refractivity (Wildman–Crippen MR) is 109 cm³/mol. The SMILES string of the molecule is CCOc1cccc(CN2CCN(Cc3cccc(C)n3)[C@H](CCO)C2)c1O. The van der Waals surface area contributed by atoms with E-state index < -0.39 is 0 Å². The van der Waals surface area contributed by atoms with Crippen LogP contribution >= 0.6 is 0 Å². The number of hydrogen-bond donors (Lipinski definition) is 2. The van der Waals surface area contributed by atoms with Gasteiger partial charge < -0.3 is 14.9 Å². The molecule has 1 atom stereocenters. The summed E-state index contributed by atoms with van der Waals surface area (Å²) in [6.45, 7) is 8.76. The van der Waals surface area contributed by atoms with Crippen LogP contribution in [0.1, 0.15) is 30.3 Å². The zero-order valence-electron chi connectivity index (χ0n) is 16.8. The van der Waals surface area contributed by atoms with Crippen molar-refractivity contribution in [2.75, 3.05) is 32.8 Å². The van der Waals surface area contributed by atoms with Crippen molar-refractivity contribution in [1.29, 1.82) is 0 Å². The highest BCUT2D eigenvalue weighted by atomic mass is 16.5. The smallest absolute Gasteiger partial charge is 0.162 e. The van der Waals surface area contributed by atoms with Gasteiger partial charge in [0.15, 0.2) is 11.5 Å². The zero-order valence-corrected chi connectivity index (χ0v) is 16.8. The number of aromatic nitrogens is 1. The van der Waals surface area contributed by atoms with Crippen LogP contribution in [0.25, 0.3) is 0 Å². The van der Waals surface area contributed by atoms with E-state index in [0.717, 1.165) is 49.6 Å². The predicted octanol–water partition coefficient (Wildman–Crippen LogP) is 2.56. The molecule has 0 bridgehead atoms. The Labute approximate surface area is 167 Å². The third-order valence-electron chi connectivity index (χ3n) is 5.24. The highest BCUT2D eigenvalue weighted by Gasteiger charge is 2.27. The van der Waals surface area contributed by atoms with Gasteiger partial charge in [0, 0.05) is 56.6 Å². The van der Waals surface area contributed by atoms with Crippen LogP contribution in [0.4, 0.5) is 0 Å². The molecule has 6 heteroatoms. The van der Waals surface area contributed by atoms with Crippen molar-refractivity contribution in [3.63, 3.8) is 0 Å². The molecule has 0 spiro atoms. The molecule has 2 aromatic rings. The molecule has 1 saturated heterocycles. The number of phenols is 1. The molecule has 3 rings (SSSR count). The average Bonchev–Trinajstić information content (AvgIpc) is 2.67. The number of aryl methyl sites for hydroxylation is 1. The highest BCUT2D eigenvalue weighted by molar-refractivity contribution is 5.45. The van der Waals surface area contributed by atoms with E-state index in [0.29, 0.717) is 18.9 Å². The van der Waals surface area contributed by atoms with E-state index in [1.54, 1.807) is 6.07 Å². The number of ether oxygens (including phenoxy) is 1. The van der Waals surface area contributed by atoms with E-state index in [9.17, 15) is 10.2 Å². The monoisotopic (exact) mass is 385 g/mol. The van der Waals surface area contributed by atoms with Crippen molar-refractivity contribution in [2.24, 2.45) is 0 Å². The molecular weight excluding hydrogens is 354 g/mol. The molecule has 152 valence electrons. The largest absolute Gasteiger partial charge is 0.504 e. The van der Waals surface area contributed by atoms with E-state index in [4.69, 9.17) is 4.74 Å². The van der Waals surface area contributed by atoms with Crippen LogP contribution < -0.4 is 4.74 Å². The second-order valence-electron chi connectivity index (χ2n) is 7.34. The molecule has 1 aromatic heterocycles. The first-order chi connectivity index (χ1) is 13.6. The number of hydrogen-bond acceptors (Lipinski definition) is 6. The summed E-state index contributed by atoms with van der Waals surface area (Å²) in [5, 5.41) is 20.0. The van der Waals surface area contributed by atoms with Crippen molar-refractivity contribution in [3.8, 4) is 11.5 Å². The van der Waals surface area contributed by atoms with Gasteiger partial charge in [0.2, 0.25) is 0 Å². The maximum Gasteiger partial charge on any atom is 0.162 e. The average molecular weight is 386 g/mol. The fraction of sp³-hybridized carbons (Fsp3) is 0.500. The molecular formula is C22H31N3O3. The Morgan fingerprint density at radius 3 is 2.71 bits per heavy atom. The molecule has 0 radical (unpaired) electrons. The molecule has 1 aromatic carbocycles. The number of para-hydroxylation sites is 1. The molecule has 28 heavy (non-hydrogen) atoms. The zero-order chi connectivity index (χ0) is 19.9. The van der Waals surface area contributed by atoms with Crippen molar-refractivity contribution in [1.82, 2.24) is 14.8 Å². The minimum atomic E-state index is 0.168. The van der Waals surface area contributed by atoms with Gasteiger partial charge in [-0.25, -0.2) is 0 Å². The van der Waals surface area contributed by atoms with Crippen molar-refractivity contribution < 1.29 is 14.9 Å². The Morgan fingerprint density at radius 2 is 1.96 bits per heavy atom. The summed E-state index contributed by atoms with van der Waals surface area (Å²) in [6, 6.07) is 12.0. The summed E-state index contributed by atoms with van der Waals surface area (Å²) in [5.74, 6) is 0.769. The van der Waals surface area contributed by atoms with Gasteiger partial charge in [-0.05, 0) is 38.5 Å². The standard InChI is InChI=1S/C22H31N3O3/c1-3-28-21-9-5-7-18(22(21)27)14-24-11-12-25(20(16-24)10-13-26)15-19-8-4-6-17(2)23-19/h4-9,20,26-27H,3,10-16H2,1-2H3/t20-/m1/s1. The number of rotatable bonds is 8. The van der Waals surface area contributed by atoms with E-state index in [1.807, 2.05) is 38.1 Å². The molecule has 0 aliphatic carbocycles. The van der Waals surface area contributed by atoms with Crippen LogP contribution in [-0.2, 0) is 13.1 Å².